The zero-order valence-electron chi connectivity index (χ0n) is 24.2. The van der Waals surface area contributed by atoms with E-state index in [2.05, 4.69) is 5.32 Å². The first-order valence-electron chi connectivity index (χ1n) is 14.0. The number of sulfonamides is 1. The van der Waals surface area contributed by atoms with E-state index in [1.165, 1.54) is 17.0 Å². The Labute approximate surface area is 243 Å². The van der Waals surface area contributed by atoms with E-state index in [0.717, 1.165) is 46.7 Å². The summed E-state index contributed by atoms with van der Waals surface area (Å²) >= 11 is 0. The normalized spacial score (nSPS) is 14.3. The minimum atomic E-state index is -4.10. The van der Waals surface area contributed by atoms with Crippen molar-refractivity contribution in [2.24, 2.45) is 0 Å². The third-order valence-electron chi connectivity index (χ3n) is 7.74. The predicted molar refractivity (Wildman–Crippen MR) is 160 cm³/mol. The summed E-state index contributed by atoms with van der Waals surface area (Å²) in [5, 5.41) is 3.09. The number of hydrogen-bond donors (Lipinski definition) is 1. The van der Waals surface area contributed by atoms with Crippen LogP contribution in [0.15, 0.2) is 77.7 Å². The highest BCUT2D eigenvalue weighted by Crippen LogP contribution is 2.27. The summed E-state index contributed by atoms with van der Waals surface area (Å²) in [7, 11) is -2.53. The van der Waals surface area contributed by atoms with Gasteiger partial charge in [0.15, 0.2) is 0 Å². The Hall–Kier alpha value is -3.85. The van der Waals surface area contributed by atoms with Crippen molar-refractivity contribution in [1.29, 1.82) is 0 Å². The van der Waals surface area contributed by atoms with Gasteiger partial charge in [0.2, 0.25) is 11.8 Å². The summed E-state index contributed by atoms with van der Waals surface area (Å²) in [6.07, 6.45) is 3.96. The second-order valence-electron chi connectivity index (χ2n) is 10.6. The Balaban J connectivity index is 1.70. The van der Waals surface area contributed by atoms with Crippen LogP contribution in [-0.4, -0.2) is 50.9 Å². The fourth-order valence-corrected chi connectivity index (χ4v) is 6.50. The molecule has 1 atom stereocenters. The Kier molecular flexibility index (Phi) is 9.70. The molecule has 0 saturated heterocycles. The van der Waals surface area contributed by atoms with Crippen LogP contribution in [0.2, 0.25) is 0 Å². The number of amides is 2. The molecule has 0 radical (unpaired) electrons. The van der Waals surface area contributed by atoms with Gasteiger partial charge in [-0.1, -0.05) is 49.2 Å². The van der Waals surface area contributed by atoms with Crippen molar-refractivity contribution in [2.45, 2.75) is 70.0 Å². The minimum Gasteiger partial charge on any atom is -0.497 e. The number of methoxy groups -OCH3 is 1. The molecule has 0 heterocycles. The number of hydrogen-bond acceptors (Lipinski definition) is 5. The minimum absolute atomic E-state index is 0.0809. The average molecular weight is 578 g/mol. The van der Waals surface area contributed by atoms with Crippen LogP contribution < -0.4 is 14.4 Å². The standard InChI is InChI=1S/C32H39N3O5S/c1-23-17-18-28(19-24(23)2)35(41(38,39)30-15-6-5-7-16-30)22-31(36)34(21-26-11-10-14-29(20-26)40-4)25(3)32(37)33-27-12-8-9-13-27/h5-7,10-11,14-20,25,27H,8-9,12-13,21-22H2,1-4H3,(H,33,37)/t25-/m1/s1. The lowest BCUT2D eigenvalue weighted by molar-refractivity contribution is -0.139. The van der Waals surface area contributed by atoms with Gasteiger partial charge in [-0.15, -0.1) is 0 Å². The van der Waals surface area contributed by atoms with Crippen LogP contribution >= 0.6 is 0 Å². The van der Waals surface area contributed by atoms with E-state index in [0.29, 0.717) is 11.4 Å². The molecule has 1 saturated carbocycles. The lowest BCUT2D eigenvalue weighted by atomic mass is 10.1. The highest BCUT2D eigenvalue weighted by Gasteiger charge is 2.33. The molecule has 2 amide bonds. The van der Waals surface area contributed by atoms with E-state index >= 15 is 0 Å². The first-order chi connectivity index (χ1) is 19.6. The van der Waals surface area contributed by atoms with Crippen LogP contribution in [0.25, 0.3) is 0 Å². The zero-order chi connectivity index (χ0) is 29.6. The average Bonchev–Trinajstić information content (AvgIpc) is 3.49. The molecule has 0 aromatic heterocycles. The van der Waals surface area contributed by atoms with E-state index in [1.54, 1.807) is 50.4 Å². The van der Waals surface area contributed by atoms with E-state index < -0.39 is 28.5 Å². The summed E-state index contributed by atoms with van der Waals surface area (Å²) in [5.41, 5.74) is 3.06. The summed E-state index contributed by atoms with van der Waals surface area (Å²) in [5.74, 6) is -0.113. The molecule has 0 bridgehead atoms. The quantitative estimate of drug-likeness (QED) is 0.347. The van der Waals surface area contributed by atoms with Gasteiger partial charge in [0.05, 0.1) is 17.7 Å². The summed E-state index contributed by atoms with van der Waals surface area (Å²) in [4.78, 5) is 29.0. The second kappa shape index (κ2) is 13.2. The summed E-state index contributed by atoms with van der Waals surface area (Å²) < 4.78 is 34.3. The van der Waals surface area contributed by atoms with Gasteiger partial charge in [-0.25, -0.2) is 8.42 Å². The summed E-state index contributed by atoms with van der Waals surface area (Å²) in [6.45, 7) is 5.18. The molecule has 41 heavy (non-hydrogen) atoms. The molecule has 3 aromatic carbocycles. The van der Waals surface area contributed by atoms with Crippen LogP contribution in [0, 0.1) is 13.8 Å². The number of nitrogens with one attached hydrogen (secondary N) is 1. The first kappa shape index (κ1) is 30.1. The number of nitrogens with zero attached hydrogens (tertiary/aromatic N) is 2. The van der Waals surface area contributed by atoms with Gasteiger partial charge in [0.1, 0.15) is 18.3 Å². The van der Waals surface area contributed by atoms with Crippen LogP contribution in [0.4, 0.5) is 5.69 Å². The largest absolute Gasteiger partial charge is 0.497 e. The zero-order valence-corrected chi connectivity index (χ0v) is 25.0. The molecule has 0 spiro atoms. The van der Waals surface area contributed by atoms with Crippen LogP contribution in [0.5, 0.6) is 5.75 Å². The molecule has 9 heteroatoms. The van der Waals surface area contributed by atoms with Crippen molar-refractivity contribution in [3.05, 3.63) is 89.5 Å². The van der Waals surface area contributed by atoms with Crippen molar-refractivity contribution >= 4 is 27.5 Å². The maximum absolute atomic E-state index is 14.1. The van der Waals surface area contributed by atoms with Crippen LogP contribution in [0.1, 0.15) is 49.3 Å². The number of aryl methyl sites for hydroxylation is 2. The Morgan fingerprint density at radius 2 is 1.66 bits per heavy atom. The number of ether oxygens (including phenoxy) is 1. The third kappa shape index (κ3) is 7.27. The van der Waals surface area contributed by atoms with E-state index in [1.807, 2.05) is 38.1 Å². The van der Waals surface area contributed by atoms with E-state index in [-0.39, 0.29) is 23.4 Å². The molecule has 1 fully saturated rings. The van der Waals surface area contributed by atoms with Crippen molar-refractivity contribution in [2.75, 3.05) is 18.0 Å². The molecule has 0 unspecified atom stereocenters. The monoisotopic (exact) mass is 577 g/mol. The highest BCUT2D eigenvalue weighted by molar-refractivity contribution is 7.92. The molecule has 1 N–H and O–H groups in total. The van der Waals surface area contributed by atoms with Crippen molar-refractivity contribution in [3.63, 3.8) is 0 Å². The molecule has 1 aliphatic rings. The lowest BCUT2D eigenvalue weighted by Gasteiger charge is -2.32. The van der Waals surface area contributed by atoms with E-state index in [9.17, 15) is 18.0 Å². The Bertz CT molecular complexity index is 1470. The summed E-state index contributed by atoms with van der Waals surface area (Å²) in [6, 6.07) is 19.9. The first-order valence-corrected chi connectivity index (χ1v) is 15.4. The van der Waals surface area contributed by atoms with Gasteiger partial charge in [-0.05, 0) is 86.7 Å². The molecule has 8 nitrogen and oxygen atoms in total. The smallest absolute Gasteiger partial charge is 0.264 e. The maximum Gasteiger partial charge on any atom is 0.264 e. The number of anilines is 1. The number of carbonyl (C=O) groups excluding carboxylic acids is 2. The van der Waals surface area contributed by atoms with Crippen LogP contribution in [0.3, 0.4) is 0 Å². The molecular weight excluding hydrogens is 538 g/mol. The van der Waals surface area contributed by atoms with Gasteiger partial charge < -0.3 is 15.0 Å². The van der Waals surface area contributed by atoms with Gasteiger partial charge in [-0.2, -0.15) is 0 Å². The third-order valence-corrected chi connectivity index (χ3v) is 9.53. The molecule has 4 rings (SSSR count). The molecule has 0 aliphatic heterocycles. The van der Waals surface area contributed by atoms with Crippen molar-refractivity contribution in [1.82, 2.24) is 10.2 Å². The SMILES string of the molecule is COc1cccc(CN(C(=O)CN(c2ccc(C)c(C)c2)S(=O)(=O)c2ccccc2)[C@H](C)C(=O)NC2CCCC2)c1. The fourth-order valence-electron chi connectivity index (χ4n) is 5.07. The van der Waals surface area contributed by atoms with Gasteiger partial charge >= 0.3 is 0 Å². The number of carbonyl (C=O) groups is 2. The lowest BCUT2D eigenvalue weighted by Crippen LogP contribution is -2.52. The van der Waals surface area contributed by atoms with Gasteiger partial charge in [0, 0.05) is 12.6 Å². The fraction of sp³-hybridized carbons (Fsp3) is 0.375. The second-order valence-corrected chi connectivity index (χ2v) is 12.5. The van der Waals surface area contributed by atoms with Crippen molar-refractivity contribution in [3.8, 4) is 5.75 Å². The molecule has 218 valence electrons. The predicted octanol–water partition coefficient (Wildman–Crippen LogP) is 4.98. The van der Waals surface area contributed by atoms with E-state index in [4.69, 9.17) is 4.74 Å². The molecule has 3 aromatic rings. The van der Waals surface area contributed by atoms with Crippen LogP contribution in [-0.2, 0) is 26.2 Å². The molecular formula is C32H39N3O5S. The topological polar surface area (TPSA) is 96.0 Å². The highest BCUT2D eigenvalue weighted by atomic mass is 32.2. The Morgan fingerprint density at radius 1 is 0.951 bits per heavy atom. The number of benzene rings is 3. The van der Waals surface area contributed by atoms with Gasteiger partial charge in [-0.3, -0.25) is 13.9 Å². The molecule has 1 aliphatic carbocycles. The van der Waals surface area contributed by atoms with Crippen molar-refractivity contribution < 1.29 is 22.7 Å². The Morgan fingerprint density at radius 3 is 2.32 bits per heavy atom. The number of rotatable bonds is 11. The van der Waals surface area contributed by atoms with Gasteiger partial charge in [0.25, 0.3) is 10.0 Å². The maximum atomic E-state index is 14.1.